The second kappa shape index (κ2) is 7.23. The van der Waals surface area contributed by atoms with Crippen molar-refractivity contribution in [1.82, 2.24) is 4.90 Å². The Kier molecular flexibility index (Phi) is 5.08. The summed E-state index contributed by atoms with van der Waals surface area (Å²) in [7, 11) is 0. The van der Waals surface area contributed by atoms with Crippen molar-refractivity contribution < 1.29 is 14.1 Å². The van der Waals surface area contributed by atoms with Crippen LogP contribution in [-0.2, 0) is 0 Å². The molecule has 120 valence electrons. The lowest BCUT2D eigenvalue weighted by Crippen LogP contribution is -3.18. The molecule has 1 aliphatic heterocycles. The van der Waals surface area contributed by atoms with Gasteiger partial charge >= 0.3 is 0 Å². The van der Waals surface area contributed by atoms with Crippen LogP contribution in [0.25, 0.3) is 0 Å². The van der Waals surface area contributed by atoms with Gasteiger partial charge in [-0.1, -0.05) is 18.9 Å². The van der Waals surface area contributed by atoms with Crippen LogP contribution in [0.3, 0.4) is 0 Å². The number of carbonyl (C=O) groups excluding carboxylic acids is 1. The Morgan fingerprint density at radius 1 is 1.09 bits per heavy atom. The lowest BCUT2D eigenvalue weighted by atomic mass is 10.1. The van der Waals surface area contributed by atoms with Crippen molar-refractivity contribution in [3.8, 4) is 0 Å². The molecule has 1 heterocycles. The fourth-order valence-corrected chi connectivity index (χ4v) is 3.90. The Labute approximate surface area is 132 Å². The minimum atomic E-state index is -0.339. The first-order valence-corrected chi connectivity index (χ1v) is 8.63. The van der Waals surface area contributed by atoms with Gasteiger partial charge in [0.15, 0.2) is 0 Å². The number of benzene rings is 1. The zero-order valence-corrected chi connectivity index (χ0v) is 13.2. The average molecular weight is 305 g/mol. The average Bonchev–Trinajstić information content (AvgIpc) is 2.84. The van der Waals surface area contributed by atoms with Gasteiger partial charge in [0.1, 0.15) is 5.82 Å². The number of hydrogen-bond acceptors (Lipinski definition) is 1. The highest BCUT2D eigenvalue weighted by Gasteiger charge is 2.29. The van der Waals surface area contributed by atoms with Crippen molar-refractivity contribution in [2.45, 2.75) is 44.6 Å². The predicted molar refractivity (Wildman–Crippen MR) is 84.5 cm³/mol. The molecule has 1 amide bonds. The van der Waals surface area contributed by atoms with Crippen molar-refractivity contribution in [3.05, 3.63) is 35.6 Å². The lowest BCUT2D eigenvalue weighted by molar-refractivity contribution is -0.929. The highest BCUT2D eigenvalue weighted by Crippen LogP contribution is 2.16. The van der Waals surface area contributed by atoms with Crippen LogP contribution in [0.15, 0.2) is 24.3 Å². The van der Waals surface area contributed by atoms with Crippen LogP contribution in [0.2, 0.25) is 0 Å². The highest BCUT2D eigenvalue weighted by molar-refractivity contribution is 5.94. The molecular weight excluding hydrogens is 279 g/mol. The van der Waals surface area contributed by atoms with E-state index in [-0.39, 0.29) is 11.7 Å². The minimum Gasteiger partial charge on any atom is -0.330 e. The van der Waals surface area contributed by atoms with Crippen molar-refractivity contribution in [3.63, 3.8) is 0 Å². The van der Waals surface area contributed by atoms with Gasteiger partial charge < -0.3 is 9.80 Å². The third-order valence-corrected chi connectivity index (χ3v) is 5.20. The number of nitrogens with one attached hydrogen (secondary N) is 1. The molecule has 1 N–H and O–H groups in total. The van der Waals surface area contributed by atoms with Crippen molar-refractivity contribution in [2.75, 3.05) is 26.2 Å². The second-order valence-corrected chi connectivity index (χ2v) is 6.65. The Morgan fingerprint density at radius 2 is 1.77 bits per heavy atom. The van der Waals surface area contributed by atoms with Crippen LogP contribution in [-0.4, -0.2) is 43.0 Å². The smallest absolute Gasteiger partial charge is 0.254 e. The van der Waals surface area contributed by atoms with Crippen molar-refractivity contribution in [1.29, 1.82) is 0 Å². The molecule has 0 aromatic heterocycles. The van der Waals surface area contributed by atoms with E-state index in [4.69, 9.17) is 0 Å². The molecule has 2 aliphatic rings. The molecule has 1 saturated heterocycles. The second-order valence-electron chi connectivity index (χ2n) is 6.65. The number of quaternary nitrogens is 1. The van der Waals surface area contributed by atoms with Crippen LogP contribution in [0.1, 0.15) is 48.9 Å². The van der Waals surface area contributed by atoms with Gasteiger partial charge in [0.25, 0.3) is 5.91 Å². The minimum absolute atomic E-state index is 0.0283. The number of carbonyl (C=O) groups is 1. The zero-order chi connectivity index (χ0) is 15.4. The molecule has 1 aliphatic carbocycles. The number of piperazine rings is 1. The van der Waals surface area contributed by atoms with Gasteiger partial charge in [-0.05, 0) is 43.9 Å². The Hall–Kier alpha value is -1.42. The summed E-state index contributed by atoms with van der Waals surface area (Å²) in [5.41, 5.74) is 0.470. The molecule has 0 bridgehead atoms. The molecule has 1 aromatic carbocycles. The Balaban J connectivity index is 1.56. The summed E-state index contributed by atoms with van der Waals surface area (Å²) in [5.74, 6) is -0.368. The van der Waals surface area contributed by atoms with Gasteiger partial charge in [0.2, 0.25) is 0 Å². The molecule has 0 unspecified atom stereocenters. The van der Waals surface area contributed by atoms with E-state index in [9.17, 15) is 9.18 Å². The molecular formula is C18H26FN2O+. The largest absolute Gasteiger partial charge is 0.330 e. The number of nitrogens with zero attached hydrogens (tertiary/aromatic N) is 1. The third kappa shape index (κ3) is 3.67. The first kappa shape index (κ1) is 15.5. The molecule has 4 heteroatoms. The van der Waals surface area contributed by atoms with E-state index in [0.717, 1.165) is 32.2 Å². The summed E-state index contributed by atoms with van der Waals surface area (Å²) in [6.07, 6.45) is 8.17. The van der Waals surface area contributed by atoms with Crippen LogP contribution < -0.4 is 4.90 Å². The molecule has 22 heavy (non-hydrogen) atoms. The van der Waals surface area contributed by atoms with Crippen molar-refractivity contribution >= 4 is 5.91 Å². The Morgan fingerprint density at radius 3 is 2.41 bits per heavy atom. The third-order valence-electron chi connectivity index (χ3n) is 5.20. The van der Waals surface area contributed by atoms with Crippen LogP contribution >= 0.6 is 0 Å². The first-order chi connectivity index (χ1) is 10.7. The Bertz CT molecular complexity index is 504. The van der Waals surface area contributed by atoms with Gasteiger partial charge in [-0.25, -0.2) is 4.39 Å². The van der Waals surface area contributed by atoms with E-state index in [1.807, 2.05) is 4.90 Å². The fourth-order valence-electron chi connectivity index (χ4n) is 3.90. The summed E-state index contributed by atoms with van der Waals surface area (Å²) in [4.78, 5) is 16.0. The van der Waals surface area contributed by atoms with Crippen molar-refractivity contribution in [2.24, 2.45) is 0 Å². The van der Waals surface area contributed by atoms with E-state index < -0.39 is 0 Å². The molecule has 1 saturated carbocycles. The molecule has 3 rings (SSSR count). The lowest BCUT2D eigenvalue weighted by Gasteiger charge is -2.36. The van der Waals surface area contributed by atoms with E-state index in [2.05, 4.69) is 0 Å². The summed E-state index contributed by atoms with van der Waals surface area (Å²) in [6, 6.07) is 6.82. The molecule has 0 atom stereocenters. The molecule has 1 aromatic rings. The van der Waals surface area contributed by atoms with E-state index >= 15 is 0 Å². The number of halogens is 1. The maximum Gasteiger partial charge on any atom is 0.254 e. The van der Waals surface area contributed by atoms with Crippen LogP contribution in [0.4, 0.5) is 4.39 Å². The van der Waals surface area contributed by atoms with Crippen LogP contribution in [0.5, 0.6) is 0 Å². The summed E-state index contributed by atoms with van der Waals surface area (Å²) in [5, 5.41) is 0. The van der Waals surface area contributed by atoms with Gasteiger partial charge in [-0.2, -0.15) is 0 Å². The van der Waals surface area contributed by atoms with E-state index in [1.54, 1.807) is 17.0 Å². The fraction of sp³-hybridized carbons (Fsp3) is 0.611. The van der Waals surface area contributed by atoms with Gasteiger partial charge in [-0.3, -0.25) is 4.79 Å². The summed E-state index contributed by atoms with van der Waals surface area (Å²) in [6.45, 7) is 3.65. The first-order valence-electron chi connectivity index (χ1n) is 8.63. The summed E-state index contributed by atoms with van der Waals surface area (Å²) < 4.78 is 13.3. The monoisotopic (exact) mass is 305 g/mol. The predicted octanol–water partition coefficient (Wildman–Crippen LogP) is 1.89. The zero-order valence-electron chi connectivity index (χ0n) is 13.2. The SMILES string of the molecule is O=C(c1cccc(F)c1)N1CC[NH+](C2CCCCCC2)CC1. The number of amides is 1. The number of rotatable bonds is 2. The highest BCUT2D eigenvalue weighted by atomic mass is 19.1. The molecule has 0 spiro atoms. The molecule has 2 fully saturated rings. The number of hydrogen-bond donors (Lipinski definition) is 1. The summed E-state index contributed by atoms with van der Waals surface area (Å²) >= 11 is 0. The normalized spacial score (nSPS) is 21.6. The van der Waals surface area contributed by atoms with Gasteiger partial charge in [0.05, 0.1) is 32.2 Å². The quantitative estimate of drug-likeness (QED) is 0.829. The molecule has 3 nitrogen and oxygen atoms in total. The van der Waals surface area contributed by atoms with Gasteiger partial charge in [-0.15, -0.1) is 0 Å². The maximum absolute atomic E-state index is 13.3. The maximum atomic E-state index is 13.3. The topological polar surface area (TPSA) is 24.8 Å². The van der Waals surface area contributed by atoms with Crippen LogP contribution in [0, 0.1) is 5.82 Å². The van der Waals surface area contributed by atoms with E-state index in [0.29, 0.717) is 5.56 Å². The molecule has 0 radical (unpaired) electrons. The van der Waals surface area contributed by atoms with E-state index in [1.165, 1.54) is 50.7 Å². The standard InChI is InChI=1S/C18H25FN2O/c19-16-7-5-6-15(14-16)18(22)21-12-10-20(11-13-21)17-8-3-1-2-4-9-17/h5-7,14,17H,1-4,8-13H2/p+1. The van der Waals surface area contributed by atoms with Gasteiger partial charge in [0, 0.05) is 5.56 Å².